The third-order valence-electron chi connectivity index (χ3n) is 1.60. The van der Waals surface area contributed by atoms with E-state index >= 15 is 0 Å². The van der Waals surface area contributed by atoms with E-state index < -0.39 is 23.1 Å². The van der Waals surface area contributed by atoms with Gasteiger partial charge < -0.3 is 5.73 Å². The Morgan fingerprint density at radius 3 is 2.67 bits per heavy atom. The molecule has 0 aromatic carbocycles. The molecule has 1 aromatic heterocycles. The minimum atomic E-state index is -2.92. The van der Waals surface area contributed by atoms with Crippen LogP contribution in [0.4, 0.5) is 14.5 Å². The zero-order chi connectivity index (χ0) is 11.6. The van der Waals surface area contributed by atoms with E-state index in [0.29, 0.717) is 0 Å². The molecule has 7 heteroatoms. The van der Waals surface area contributed by atoms with Gasteiger partial charge in [0, 0.05) is 0 Å². The second kappa shape index (κ2) is 4.19. The van der Waals surface area contributed by atoms with Crippen molar-refractivity contribution in [3.63, 3.8) is 0 Å². The predicted octanol–water partition coefficient (Wildman–Crippen LogP) is 1.85. The van der Waals surface area contributed by atoms with Crippen molar-refractivity contribution in [2.75, 3.05) is 5.73 Å². The Balaban J connectivity index is 3.45. The lowest BCUT2D eigenvalue weighted by molar-refractivity contribution is 0.107. The second-order valence-electron chi connectivity index (χ2n) is 2.55. The molecule has 0 bridgehead atoms. The van der Waals surface area contributed by atoms with Gasteiger partial charge in [0.05, 0.1) is 11.3 Å². The maximum absolute atomic E-state index is 12.3. The number of carbonyl (C=O) groups excluding carboxylic acids is 1. The van der Waals surface area contributed by atoms with E-state index in [1.54, 1.807) is 6.07 Å². The normalized spacial score (nSPS) is 10.1. The molecule has 1 heterocycles. The van der Waals surface area contributed by atoms with Gasteiger partial charge in [0.15, 0.2) is 0 Å². The van der Waals surface area contributed by atoms with E-state index in [4.69, 9.17) is 22.6 Å². The second-order valence-corrected chi connectivity index (χ2v) is 2.89. The zero-order valence-corrected chi connectivity index (χ0v) is 7.92. The molecule has 0 aliphatic heterocycles. The summed E-state index contributed by atoms with van der Waals surface area (Å²) in [5, 5.41) is 7.50. The summed E-state index contributed by atoms with van der Waals surface area (Å²) < 4.78 is 24.7. The van der Waals surface area contributed by atoms with E-state index in [9.17, 15) is 13.6 Å². The lowest BCUT2D eigenvalue weighted by Gasteiger charge is -2.05. The van der Waals surface area contributed by atoms with E-state index in [1.165, 1.54) is 0 Å². The van der Waals surface area contributed by atoms with Crippen LogP contribution in [0.15, 0.2) is 6.07 Å². The van der Waals surface area contributed by atoms with Gasteiger partial charge in [0.25, 0.3) is 11.7 Å². The van der Waals surface area contributed by atoms with Crippen molar-refractivity contribution in [3.05, 3.63) is 23.0 Å². The number of nitriles is 1. The fourth-order valence-corrected chi connectivity index (χ4v) is 1.10. The topological polar surface area (TPSA) is 79.8 Å². The van der Waals surface area contributed by atoms with Crippen molar-refractivity contribution in [1.29, 1.82) is 5.26 Å². The third-order valence-corrected chi connectivity index (χ3v) is 1.78. The van der Waals surface area contributed by atoms with Crippen molar-refractivity contribution >= 4 is 22.5 Å². The SMILES string of the molecule is N#Cc1cc(N)c(C(F)F)nc1C(=O)Cl. The number of aromatic nitrogens is 1. The highest BCUT2D eigenvalue weighted by molar-refractivity contribution is 6.67. The fourth-order valence-electron chi connectivity index (χ4n) is 0.953. The number of nitrogen functional groups attached to an aromatic ring is 1. The van der Waals surface area contributed by atoms with Gasteiger partial charge in [-0.2, -0.15) is 5.26 Å². The molecule has 0 fully saturated rings. The Bertz CT molecular complexity index is 456. The number of hydrogen-bond acceptors (Lipinski definition) is 4. The molecule has 1 rings (SSSR count). The minimum absolute atomic E-state index is 0.225. The van der Waals surface area contributed by atoms with Crippen LogP contribution in [0.5, 0.6) is 0 Å². The van der Waals surface area contributed by atoms with E-state index in [2.05, 4.69) is 4.98 Å². The molecule has 0 aliphatic carbocycles. The minimum Gasteiger partial charge on any atom is -0.397 e. The predicted molar refractivity (Wildman–Crippen MR) is 48.5 cm³/mol. The molecule has 0 spiro atoms. The van der Waals surface area contributed by atoms with Gasteiger partial charge in [0.2, 0.25) is 0 Å². The quantitative estimate of drug-likeness (QED) is 0.788. The van der Waals surface area contributed by atoms with Gasteiger partial charge in [-0.15, -0.1) is 0 Å². The number of halogens is 3. The number of rotatable bonds is 2. The number of nitrogens with zero attached hydrogens (tertiary/aromatic N) is 2. The fraction of sp³-hybridized carbons (Fsp3) is 0.125. The average molecular weight is 232 g/mol. The van der Waals surface area contributed by atoms with Crippen LogP contribution in [0, 0.1) is 11.3 Å². The third kappa shape index (κ3) is 2.19. The van der Waals surface area contributed by atoms with Gasteiger partial charge in [-0.25, -0.2) is 13.8 Å². The summed E-state index contributed by atoms with van der Waals surface area (Å²) in [7, 11) is 0. The molecule has 78 valence electrons. The molecule has 0 unspecified atom stereocenters. The number of nitrogens with two attached hydrogens (primary N) is 1. The molecule has 0 saturated carbocycles. The van der Waals surface area contributed by atoms with Crippen LogP contribution in [0.3, 0.4) is 0 Å². The molecular formula is C8H4ClF2N3O. The smallest absolute Gasteiger partial charge is 0.282 e. The first-order valence-corrected chi connectivity index (χ1v) is 4.03. The van der Waals surface area contributed by atoms with Gasteiger partial charge in [-0.3, -0.25) is 4.79 Å². The van der Waals surface area contributed by atoms with Crippen LogP contribution in [-0.4, -0.2) is 10.2 Å². The van der Waals surface area contributed by atoms with Gasteiger partial charge in [0.1, 0.15) is 17.5 Å². The molecule has 15 heavy (non-hydrogen) atoms. The van der Waals surface area contributed by atoms with E-state index in [-0.39, 0.29) is 11.3 Å². The summed E-state index contributed by atoms with van der Waals surface area (Å²) in [6.45, 7) is 0. The standard InChI is InChI=1S/C8H4ClF2N3O/c9-7(15)5-3(2-12)1-4(13)6(14-5)8(10)11/h1,8H,13H2. The van der Waals surface area contributed by atoms with Crippen LogP contribution < -0.4 is 5.73 Å². The first-order valence-electron chi connectivity index (χ1n) is 3.66. The number of anilines is 1. The molecule has 4 nitrogen and oxygen atoms in total. The number of hydrogen-bond donors (Lipinski definition) is 1. The number of pyridine rings is 1. The highest BCUT2D eigenvalue weighted by Gasteiger charge is 2.19. The molecule has 0 atom stereocenters. The van der Waals surface area contributed by atoms with Gasteiger partial charge in [-0.1, -0.05) is 0 Å². The largest absolute Gasteiger partial charge is 0.397 e. The molecular weight excluding hydrogens is 228 g/mol. The molecule has 0 amide bonds. The van der Waals surface area contributed by atoms with Crippen LogP contribution >= 0.6 is 11.6 Å². The first kappa shape index (κ1) is 11.3. The first-order chi connectivity index (χ1) is 6.97. The zero-order valence-electron chi connectivity index (χ0n) is 7.17. The number of carbonyl (C=O) groups is 1. The molecule has 2 N–H and O–H groups in total. The summed E-state index contributed by atoms with van der Waals surface area (Å²) in [6, 6.07) is 2.54. The Kier molecular flexibility index (Phi) is 3.17. The molecule has 1 aromatic rings. The summed E-state index contributed by atoms with van der Waals surface area (Å²) in [5.74, 6) is 0. The van der Waals surface area contributed by atoms with Crippen molar-refractivity contribution in [3.8, 4) is 6.07 Å². The van der Waals surface area contributed by atoms with E-state index in [0.717, 1.165) is 6.07 Å². The summed E-state index contributed by atoms with van der Waals surface area (Å²) in [6.07, 6.45) is -2.92. The van der Waals surface area contributed by atoms with E-state index in [1.807, 2.05) is 0 Å². The molecule has 0 aliphatic rings. The average Bonchev–Trinajstić information content (AvgIpc) is 2.16. The van der Waals surface area contributed by atoms with Gasteiger partial charge >= 0.3 is 0 Å². The van der Waals surface area contributed by atoms with Crippen LogP contribution in [-0.2, 0) is 0 Å². The summed E-state index contributed by atoms with van der Waals surface area (Å²) in [4.78, 5) is 14.0. The maximum atomic E-state index is 12.3. The Morgan fingerprint density at radius 1 is 1.67 bits per heavy atom. The lowest BCUT2D eigenvalue weighted by atomic mass is 10.1. The highest BCUT2D eigenvalue weighted by Crippen LogP contribution is 2.25. The number of alkyl halides is 2. The highest BCUT2D eigenvalue weighted by atomic mass is 35.5. The van der Waals surface area contributed by atoms with Crippen LogP contribution in [0.2, 0.25) is 0 Å². The Labute approximate surface area is 88.3 Å². The molecule has 0 radical (unpaired) electrons. The Hall–Kier alpha value is -1.74. The monoisotopic (exact) mass is 231 g/mol. The summed E-state index contributed by atoms with van der Waals surface area (Å²) >= 11 is 5.08. The van der Waals surface area contributed by atoms with Crippen molar-refractivity contribution in [1.82, 2.24) is 4.98 Å². The summed E-state index contributed by atoms with van der Waals surface area (Å²) in [5.41, 5.74) is 3.39. The van der Waals surface area contributed by atoms with Gasteiger partial charge in [-0.05, 0) is 17.7 Å². The van der Waals surface area contributed by atoms with Crippen LogP contribution in [0.1, 0.15) is 28.2 Å². The Morgan fingerprint density at radius 2 is 2.27 bits per heavy atom. The van der Waals surface area contributed by atoms with Crippen molar-refractivity contribution < 1.29 is 13.6 Å². The van der Waals surface area contributed by atoms with Crippen molar-refractivity contribution in [2.45, 2.75) is 6.43 Å². The lowest BCUT2D eigenvalue weighted by Crippen LogP contribution is -2.06. The molecule has 0 saturated heterocycles. The maximum Gasteiger partial charge on any atom is 0.282 e. The van der Waals surface area contributed by atoms with Crippen LogP contribution in [0.25, 0.3) is 0 Å². The van der Waals surface area contributed by atoms with Crippen molar-refractivity contribution in [2.24, 2.45) is 0 Å².